The molecule has 0 unspecified atom stereocenters. The number of unbranched alkanes of at least 4 members (excludes halogenated alkanes) is 2. The highest BCUT2D eigenvalue weighted by Gasteiger charge is 2.29. The minimum absolute atomic E-state index is 0.0796. The second-order valence-electron chi connectivity index (χ2n) is 15.0. The monoisotopic (exact) mass is 825 g/mol. The molecule has 0 radical (unpaired) electrons. The fraction of sp³-hybridized carbons (Fsp3) is 0.386. The lowest BCUT2D eigenvalue weighted by atomic mass is 10.0. The van der Waals surface area contributed by atoms with Gasteiger partial charge in [0.1, 0.15) is 18.7 Å². The Hall–Kier alpha value is -6.55. The van der Waals surface area contributed by atoms with E-state index in [0.29, 0.717) is 54.6 Å². The Kier molecular flexibility index (Phi) is 17.8. The molecule has 2 atom stereocenters. The Morgan fingerprint density at radius 3 is 2.10 bits per heavy atom. The normalized spacial score (nSPS) is 13.1. The fourth-order valence-electron chi connectivity index (χ4n) is 6.35. The molecular formula is C44H55N7O9. The van der Waals surface area contributed by atoms with Gasteiger partial charge in [0.25, 0.3) is 11.8 Å². The third kappa shape index (κ3) is 15.0. The van der Waals surface area contributed by atoms with E-state index in [1.165, 1.54) is 12.2 Å². The number of ether oxygens (including phenoxy) is 1. The van der Waals surface area contributed by atoms with Gasteiger partial charge in [-0.2, -0.15) is 0 Å². The molecule has 0 spiro atoms. The van der Waals surface area contributed by atoms with Crippen molar-refractivity contribution in [3.63, 3.8) is 0 Å². The minimum Gasteiger partial charge on any atom is -0.444 e. The van der Waals surface area contributed by atoms with E-state index in [0.717, 1.165) is 21.6 Å². The first-order valence-corrected chi connectivity index (χ1v) is 20.0. The Labute approximate surface area is 349 Å². The van der Waals surface area contributed by atoms with Gasteiger partial charge in [-0.15, -0.1) is 0 Å². The molecule has 1 aliphatic rings. The van der Waals surface area contributed by atoms with Gasteiger partial charge in [-0.05, 0) is 79.8 Å². The Morgan fingerprint density at radius 2 is 1.45 bits per heavy atom. The van der Waals surface area contributed by atoms with E-state index in [2.05, 4.69) is 26.6 Å². The van der Waals surface area contributed by atoms with Crippen molar-refractivity contribution in [2.24, 2.45) is 11.7 Å². The second-order valence-corrected chi connectivity index (χ2v) is 15.0. The number of aryl methyl sites for hydroxylation is 1. The zero-order chi connectivity index (χ0) is 43.6. The summed E-state index contributed by atoms with van der Waals surface area (Å²) in [6.07, 6.45) is 4.56. The molecule has 0 saturated carbocycles. The Balaban J connectivity index is 1.29. The van der Waals surface area contributed by atoms with Crippen molar-refractivity contribution in [3.8, 4) is 0 Å². The number of imide groups is 1. The SMILES string of the molecule is Cc1ccc(Cc2ccc(CO)c(NC(=O)OCc3ccc(NC(=O)[C@H](CCCNC(N)=O)NC(=O)[C@@H](NC(=O)CCCCCN4C(=O)C=CC4=O)C(C)C)cc3)c2)cc1. The second kappa shape index (κ2) is 23.1. The summed E-state index contributed by atoms with van der Waals surface area (Å²) < 4.78 is 5.44. The largest absolute Gasteiger partial charge is 0.444 e. The summed E-state index contributed by atoms with van der Waals surface area (Å²) >= 11 is 0. The van der Waals surface area contributed by atoms with Crippen molar-refractivity contribution in [1.82, 2.24) is 20.9 Å². The summed E-state index contributed by atoms with van der Waals surface area (Å²) in [5.74, 6) is -2.48. The fourth-order valence-corrected chi connectivity index (χ4v) is 6.35. The lowest BCUT2D eigenvalue weighted by Crippen LogP contribution is -2.54. The van der Waals surface area contributed by atoms with Crippen molar-refractivity contribution in [2.75, 3.05) is 23.7 Å². The topological polar surface area (TPSA) is 238 Å². The number of amides is 8. The lowest BCUT2D eigenvalue weighted by Gasteiger charge is -2.25. The summed E-state index contributed by atoms with van der Waals surface area (Å²) in [6, 6.07) is 17.5. The molecule has 4 rings (SSSR count). The van der Waals surface area contributed by atoms with Gasteiger partial charge in [-0.3, -0.25) is 34.2 Å². The van der Waals surface area contributed by atoms with Crippen LogP contribution in [-0.4, -0.2) is 76.8 Å². The van der Waals surface area contributed by atoms with Crippen LogP contribution in [0.5, 0.6) is 0 Å². The molecule has 16 nitrogen and oxygen atoms in total. The van der Waals surface area contributed by atoms with Gasteiger partial charge >= 0.3 is 12.1 Å². The molecule has 16 heteroatoms. The molecule has 0 aliphatic carbocycles. The zero-order valence-electron chi connectivity index (χ0n) is 34.3. The van der Waals surface area contributed by atoms with Gasteiger partial charge in [0.15, 0.2) is 0 Å². The van der Waals surface area contributed by atoms with E-state index in [-0.39, 0.29) is 62.8 Å². The van der Waals surface area contributed by atoms with Gasteiger partial charge in [0.2, 0.25) is 17.7 Å². The highest BCUT2D eigenvalue weighted by atomic mass is 16.5. The van der Waals surface area contributed by atoms with E-state index in [1.54, 1.807) is 44.2 Å². The van der Waals surface area contributed by atoms with E-state index in [4.69, 9.17) is 10.5 Å². The number of carbonyl (C=O) groups is 7. The van der Waals surface area contributed by atoms with E-state index in [1.807, 2.05) is 43.3 Å². The van der Waals surface area contributed by atoms with Crippen LogP contribution in [0.1, 0.15) is 80.2 Å². The molecule has 1 heterocycles. The average molecular weight is 826 g/mol. The van der Waals surface area contributed by atoms with E-state index in [9.17, 15) is 38.7 Å². The molecule has 0 aromatic heterocycles. The molecular weight excluding hydrogens is 771 g/mol. The molecule has 1 aliphatic heterocycles. The molecule has 8 N–H and O–H groups in total. The number of benzene rings is 3. The Bertz CT molecular complexity index is 2000. The first-order chi connectivity index (χ1) is 28.7. The number of aliphatic hydroxyl groups excluding tert-OH is 1. The van der Waals surface area contributed by atoms with Crippen LogP contribution in [0.3, 0.4) is 0 Å². The number of carbonyl (C=O) groups excluding carboxylic acids is 7. The number of nitrogens with two attached hydrogens (primary N) is 1. The Morgan fingerprint density at radius 1 is 0.783 bits per heavy atom. The van der Waals surface area contributed by atoms with Gasteiger partial charge in [0, 0.05) is 48.6 Å². The molecule has 3 aromatic carbocycles. The van der Waals surface area contributed by atoms with Crippen LogP contribution in [0.25, 0.3) is 0 Å². The van der Waals surface area contributed by atoms with Gasteiger partial charge < -0.3 is 36.8 Å². The number of urea groups is 1. The quantitative estimate of drug-likeness (QED) is 0.0563. The average Bonchev–Trinajstić information content (AvgIpc) is 3.53. The summed E-state index contributed by atoms with van der Waals surface area (Å²) in [6.45, 7) is 5.63. The van der Waals surface area contributed by atoms with Crippen LogP contribution in [0, 0.1) is 12.8 Å². The van der Waals surface area contributed by atoms with Crippen molar-refractivity contribution >= 4 is 53.0 Å². The summed E-state index contributed by atoms with van der Waals surface area (Å²) in [7, 11) is 0. The van der Waals surface area contributed by atoms with Crippen LogP contribution < -0.4 is 32.3 Å². The van der Waals surface area contributed by atoms with Crippen LogP contribution in [-0.2, 0) is 48.3 Å². The van der Waals surface area contributed by atoms with Crippen LogP contribution in [0.4, 0.5) is 21.0 Å². The number of rotatable bonds is 22. The maximum atomic E-state index is 13.5. The molecule has 0 saturated heterocycles. The van der Waals surface area contributed by atoms with E-state index < -0.39 is 36.0 Å². The first-order valence-electron chi connectivity index (χ1n) is 20.0. The predicted molar refractivity (Wildman–Crippen MR) is 225 cm³/mol. The number of anilines is 2. The molecule has 0 fully saturated rings. The number of nitrogens with zero attached hydrogens (tertiary/aromatic N) is 1. The number of nitrogens with one attached hydrogen (secondary N) is 5. The van der Waals surface area contributed by atoms with Gasteiger partial charge in [-0.1, -0.05) is 74.4 Å². The molecule has 320 valence electrons. The highest BCUT2D eigenvalue weighted by Crippen LogP contribution is 2.22. The molecule has 60 heavy (non-hydrogen) atoms. The van der Waals surface area contributed by atoms with Gasteiger partial charge in [0.05, 0.1) is 6.61 Å². The van der Waals surface area contributed by atoms with Crippen molar-refractivity contribution in [2.45, 2.75) is 91.0 Å². The third-order valence-electron chi connectivity index (χ3n) is 9.76. The molecule has 0 bridgehead atoms. The van der Waals surface area contributed by atoms with Crippen molar-refractivity contribution < 1.29 is 43.4 Å². The number of hydrogen-bond acceptors (Lipinski definition) is 9. The van der Waals surface area contributed by atoms with Crippen LogP contribution >= 0.6 is 0 Å². The number of aliphatic hydroxyl groups is 1. The van der Waals surface area contributed by atoms with E-state index >= 15 is 0 Å². The van der Waals surface area contributed by atoms with Crippen LogP contribution in [0.15, 0.2) is 78.9 Å². The van der Waals surface area contributed by atoms with Crippen molar-refractivity contribution in [1.29, 1.82) is 0 Å². The molecule has 8 amide bonds. The maximum Gasteiger partial charge on any atom is 0.411 e. The summed E-state index contributed by atoms with van der Waals surface area (Å²) in [5.41, 5.74) is 10.4. The minimum atomic E-state index is -1.04. The highest BCUT2D eigenvalue weighted by molar-refractivity contribution is 6.12. The smallest absolute Gasteiger partial charge is 0.411 e. The first kappa shape index (κ1) is 46.1. The summed E-state index contributed by atoms with van der Waals surface area (Å²) in [4.78, 5) is 88.4. The number of primary amides is 1. The lowest BCUT2D eigenvalue weighted by molar-refractivity contribution is -0.137. The predicted octanol–water partition coefficient (Wildman–Crippen LogP) is 4.32. The standard InChI is InChI=1S/C44H55N7O9/c1-28(2)40(50-37(53)9-5-4-6-23-51-38(54)20-21-39(51)55)42(57)48-35(8-7-22-46-43(45)58)41(56)47-34-18-15-31(16-19-34)27-60-44(59)49-36-25-32(14-17-33(36)26-52)24-30-12-10-29(3)11-13-30/h10-21,25,28,35,40,52H,4-9,22-24,26-27H2,1-3H3,(H,47,56)(H,48,57)(H,49,59)(H,50,53)(H3,45,46,58)/t35-,40-/m0/s1. The molecule has 3 aromatic rings. The summed E-state index contributed by atoms with van der Waals surface area (Å²) in [5, 5.41) is 23.3. The third-order valence-corrected chi connectivity index (χ3v) is 9.76. The maximum absolute atomic E-state index is 13.5. The zero-order valence-corrected chi connectivity index (χ0v) is 34.3. The van der Waals surface area contributed by atoms with Crippen molar-refractivity contribution in [3.05, 3.63) is 107 Å². The van der Waals surface area contributed by atoms with Crippen LogP contribution in [0.2, 0.25) is 0 Å². The number of hydrogen-bond donors (Lipinski definition) is 7. The van der Waals surface area contributed by atoms with Gasteiger partial charge in [-0.25, -0.2) is 9.59 Å².